The minimum Gasteiger partial charge on any atom is -0.320 e. The molecule has 0 aliphatic heterocycles. The lowest BCUT2D eigenvalue weighted by Gasteiger charge is -2.18. The summed E-state index contributed by atoms with van der Waals surface area (Å²) in [6.45, 7) is 6.66. The molecule has 1 atom stereocenters. The molecule has 21 heavy (non-hydrogen) atoms. The molecule has 0 bridgehead atoms. The van der Waals surface area contributed by atoms with Crippen LogP contribution in [0.3, 0.4) is 0 Å². The van der Waals surface area contributed by atoms with Gasteiger partial charge in [0.05, 0.1) is 6.04 Å². The fraction of sp³-hybridized carbons (Fsp3) is 0.353. The van der Waals surface area contributed by atoms with Crippen LogP contribution in [0.25, 0.3) is 0 Å². The van der Waals surface area contributed by atoms with E-state index in [1.54, 1.807) is 22.8 Å². The molecule has 0 fully saturated rings. The van der Waals surface area contributed by atoms with Crippen molar-refractivity contribution in [2.45, 2.75) is 39.3 Å². The predicted octanol–water partition coefficient (Wildman–Crippen LogP) is 3.18. The van der Waals surface area contributed by atoms with Crippen LogP contribution in [0.2, 0.25) is 0 Å². The zero-order chi connectivity index (χ0) is 15.6. The lowest BCUT2D eigenvalue weighted by atomic mass is 9.99. The molecule has 1 aromatic carbocycles. The van der Waals surface area contributed by atoms with Crippen LogP contribution >= 0.6 is 0 Å². The van der Waals surface area contributed by atoms with Gasteiger partial charge < -0.3 is 10.3 Å². The van der Waals surface area contributed by atoms with Crippen molar-refractivity contribution in [1.29, 1.82) is 0 Å². The first kappa shape index (κ1) is 15.4. The largest absolute Gasteiger partial charge is 0.320 e. The SMILES string of the molecule is CCn1c(C(C)C)ccc(C(N)c2ccc(F)cc2)c1=O. The highest BCUT2D eigenvalue weighted by Crippen LogP contribution is 2.20. The van der Waals surface area contributed by atoms with Crippen molar-refractivity contribution in [3.05, 3.63) is 69.4 Å². The first-order chi connectivity index (χ1) is 9.95. The zero-order valence-corrected chi connectivity index (χ0v) is 12.6. The molecule has 4 heteroatoms. The number of rotatable bonds is 4. The van der Waals surface area contributed by atoms with Crippen LogP contribution < -0.4 is 11.3 Å². The monoisotopic (exact) mass is 288 g/mol. The average molecular weight is 288 g/mol. The van der Waals surface area contributed by atoms with Gasteiger partial charge in [-0.15, -0.1) is 0 Å². The summed E-state index contributed by atoms with van der Waals surface area (Å²) in [6.07, 6.45) is 0. The first-order valence-corrected chi connectivity index (χ1v) is 7.20. The molecular weight excluding hydrogens is 267 g/mol. The summed E-state index contributed by atoms with van der Waals surface area (Å²) in [7, 11) is 0. The number of nitrogens with two attached hydrogens (primary N) is 1. The van der Waals surface area contributed by atoms with Gasteiger partial charge in [0, 0.05) is 17.8 Å². The van der Waals surface area contributed by atoms with Crippen LogP contribution in [0.4, 0.5) is 4.39 Å². The van der Waals surface area contributed by atoms with E-state index in [9.17, 15) is 9.18 Å². The van der Waals surface area contributed by atoms with E-state index in [0.29, 0.717) is 12.1 Å². The van der Waals surface area contributed by atoms with Gasteiger partial charge in [-0.25, -0.2) is 4.39 Å². The highest BCUT2D eigenvalue weighted by atomic mass is 19.1. The first-order valence-electron chi connectivity index (χ1n) is 7.20. The number of aromatic nitrogens is 1. The van der Waals surface area contributed by atoms with Crippen molar-refractivity contribution in [3.63, 3.8) is 0 Å². The lowest BCUT2D eigenvalue weighted by Crippen LogP contribution is -2.30. The van der Waals surface area contributed by atoms with E-state index in [-0.39, 0.29) is 17.3 Å². The van der Waals surface area contributed by atoms with E-state index in [4.69, 9.17) is 5.73 Å². The second-order valence-electron chi connectivity index (χ2n) is 5.45. The molecule has 112 valence electrons. The summed E-state index contributed by atoms with van der Waals surface area (Å²) in [5, 5.41) is 0. The number of benzene rings is 1. The Hall–Kier alpha value is -1.94. The van der Waals surface area contributed by atoms with Crippen molar-refractivity contribution in [3.8, 4) is 0 Å². The molecule has 1 unspecified atom stereocenters. The molecule has 2 N–H and O–H groups in total. The fourth-order valence-corrected chi connectivity index (χ4v) is 2.53. The molecule has 0 saturated heterocycles. The molecule has 0 aliphatic rings. The Bertz CT molecular complexity index is 674. The van der Waals surface area contributed by atoms with E-state index in [1.165, 1.54) is 12.1 Å². The maximum Gasteiger partial charge on any atom is 0.255 e. The molecule has 0 radical (unpaired) electrons. The molecule has 0 amide bonds. The third kappa shape index (κ3) is 3.05. The maximum absolute atomic E-state index is 13.0. The van der Waals surface area contributed by atoms with E-state index >= 15 is 0 Å². The van der Waals surface area contributed by atoms with Crippen molar-refractivity contribution < 1.29 is 4.39 Å². The van der Waals surface area contributed by atoms with Gasteiger partial charge in [0.15, 0.2) is 0 Å². The number of nitrogens with zero attached hydrogens (tertiary/aromatic N) is 1. The predicted molar refractivity (Wildman–Crippen MR) is 82.9 cm³/mol. The van der Waals surface area contributed by atoms with Crippen LogP contribution in [0.1, 0.15) is 49.6 Å². The standard InChI is InChI=1S/C17H21FN2O/c1-4-20-15(11(2)3)10-9-14(17(20)21)16(19)12-5-7-13(18)8-6-12/h5-11,16H,4,19H2,1-3H3. The fourth-order valence-electron chi connectivity index (χ4n) is 2.53. The summed E-state index contributed by atoms with van der Waals surface area (Å²) >= 11 is 0. The van der Waals surface area contributed by atoms with E-state index in [0.717, 1.165) is 11.3 Å². The molecule has 1 heterocycles. The van der Waals surface area contributed by atoms with Gasteiger partial charge in [-0.2, -0.15) is 0 Å². The summed E-state index contributed by atoms with van der Waals surface area (Å²) in [6, 6.07) is 9.15. The third-order valence-corrected chi connectivity index (χ3v) is 3.71. The Morgan fingerprint density at radius 1 is 1.14 bits per heavy atom. The van der Waals surface area contributed by atoms with Crippen molar-refractivity contribution >= 4 is 0 Å². The highest BCUT2D eigenvalue weighted by Gasteiger charge is 2.16. The second kappa shape index (κ2) is 6.22. The molecule has 0 saturated carbocycles. The summed E-state index contributed by atoms with van der Waals surface area (Å²) in [4.78, 5) is 12.6. The van der Waals surface area contributed by atoms with E-state index in [2.05, 4.69) is 13.8 Å². The molecule has 2 aromatic rings. The van der Waals surface area contributed by atoms with Gasteiger partial charge in [-0.1, -0.05) is 26.0 Å². The summed E-state index contributed by atoms with van der Waals surface area (Å²) in [5.74, 6) is -0.0409. The van der Waals surface area contributed by atoms with Crippen LogP contribution in [0, 0.1) is 5.82 Å². The Balaban J connectivity index is 2.49. The molecule has 2 rings (SSSR count). The molecule has 1 aromatic heterocycles. The number of pyridine rings is 1. The Kier molecular flexibility index (Phi) is 4.58. The number of halogens is 1. The Morgan fingerprint density at radius 3 is 2.29 bits per heavy atom. The summed E-state index contributed by atoms with van der Waals surface area (Å²) < 4.78 is 14.7. The zero-order valence-electron chi connectivity index (χ0n) is 12.6. The van der Waals surface area contributed by atoms with Crippen molar-refractivity contribution in [2.24, 2.45) is 5.73 Å². The van der Waals surface area contributed by atoms with Gasteiger partial charge in [0.1, 0.15) is 5.82 Å². The quantitative estimate of drug-likeness (QED) is 0.939. The van der Waals surface area contributed by atoms with Gasteiger partial charge in [-0.3, -0.25) is 4.79 Å². The van der Waals surface area contributed by atoms with E-state index in [1.807, 2.05) is 13.0 Å². The summed E-state index contributed by atoms with van der Waals surface area (Å²) in [5.41, 5.74) is 8.38. The molecule has 3 nitrogen and oxygen atoms in total. The highest BCUT2D eigenvalue weighted by molar-refractivity contribution is 5.31. The van der Waals surface area contributed by atoms with Crippen molar-refractivity contribution in [2.75, 3.05) is 0 Å². The topological polar surface area (TPSA) is 48.0 Å². The third-order valence-electron chi connectivity index (χ3n) is 3.71. The molecular formula is C17H21FN2O. The van der Waals surface area contributed by atoms with Crippen LogP contribution in [-0.2, 0) is 6.54 Å². The average Bonchev–Trinajstić information content (AvgIpc) is 2.46. The Labute approximate surface area is 124 Å². The normalized spacial score (nSPS) is 12.7. The minimum atomic E-state index is -0.544. The van der Waals surface area contributed by atoms with Crippen LogP contribution in [-0.4, -0.2) is 4.57 Å². The lowest BCUT2D eigenvalue weighted by molar-refractivity contribution is 0.622. The second-order valence-corrected chi connectivity index (χ2v) is 5.45. The number of hydrogen-bond acceptors (Lipinski definition) is 2. The van der Waals surface area contributed by atoms with Gasteiger partial charge in [0.25, 0.3) is 5.56 Å². The van der Waals surface area contributed by atoms with Gasteiger partial charge in [-0.05, 0) is 42.7 Å². The molecule has 0 spiro atoms. The number of hydrogen-bond donors (Lipinski definition) is 1. The maximum atomic E-state index is 13.0. The van der Waals surface area contributed by atoms with Crippen LogP contribution in [0.15, 0.2) is 41.2 Å². The van der Waals surface area contributed by atoms with E-state index < -0.39 is 6.04 Å². The molecule has 0 aliphatic carbocycles. The van der Waals surface area contributed by atoms with Gasteiger partial charge >= 0.3 is 0 Å². The van der Waals surface area contributed by atoms with Crippen LogP contribution in [0.5, 0.6) is 0 Å². The minimum absolute atomic E-state index is 0.0690. The van der Waals surface area contributed by atoms with Crippen molar-refractivity contribution in [1.82, 2.24) is 4.57 Å². The Morgan fingerprint density at radius 2 is 1.76 bits per heavy atom. The van der Waals surface area contributed by atoms with Gasteiger partial charge in [0.2, 0.25) is 0 Å². The smallest absolute Gasteiger partial charge is 0.255 e.